The van der Waals surface area contributed by atoms with E-state index in [9.17, 15) is 9.59 Å². The maximum Gasteiger partial charge on any atom is 0.326 e. The largest absolute Gasteiger partial charge is 0.480 e. The van der Waals surface area contributed by atoms with Crippen molar-refractivity contribution in [2.24, 2.45) is 0 Å². The van der Waals surface area contributed by atoms with Crippen LogP contribution in [0.5, 0.6) is 0 Å². The predicted octanol–water partition coefficient (Wildman–Crippen LogP) is 2.18. The van der Waals surface area contributed by atoms with Gasteiger partial charge in [-0.25, -0.2) is 9.59 Å². The van der Waals surface area contributed by atoms with Gasteiger partial charge in [0.1, 0.15) is 6.04 Å². The van der Waals surface area contributed by atoms with Gasteiger partial charge in [0.15, 0.2) is 0 Å². The minimum Gasteiger partial charge on any atom is -0.480 e. The van der Waals surface area contributed by atoms with Crippen molar-refractivity contribution in [2.75, 3.05) is 13.1 Å². The lowest BCUT2D eigenvalue weighted by molar-refractivity contribution is -0.141. The molecule has 0 aromatic heterocycles. The van der Waals surface area contributed by atoms with E-state index >= 15 is 0 Å². The van der Waals surface area contributed by atoms with Gasteiger partial charge in [-0.15, -0.1) is 0 Å². The molecule has 0 aliphatic carbocycles. The molecule has 1 unspecified atom stereocenters. The lowest BCUT2D eigenvalue weighted by atomic mass is 10.2. The van der Waals surface area contributed by atoms with Crippen LogP contribution in [-0.4, -0.2) is 46.0 Å². The lowest BCUT2D eigenvalue weighted by Gasteiger charge is -2.29. The Morgan fingerprint density at radius 1 is 1.35 bits per heavy atom. The topological polar surface area (TPSA) is 60.9 Å². The van der Waals surface area contributed by atoms with Crippen LogP contribution < -0.4 is 0 Å². The van der Waals surface area contributed by atoms with Gasteiger partial charge in [-0.05, 0) is 25.3 Å². The molecule has 0 spiro atoms. The first-order valence-corrected chi connectivity index (χ1v) is 6.95. The third-order valence-corrected chi connectivity index (χ3v) is 3.65. The molecule has 2 rings (SSSR count). The highest BCUT2D eigenvalue weighted by Gasteiger charge is 2.35. The molecule has 1 atom stereocenters. The fourth-order valence-corrected chi connectivity index (χ4v) is 2.55. The lowest BCUT2D eigenvalue weighted by Crippen LogP contribution is -2.47. The minimum atomic E-state index is -0.911. The van der Waals surface area contributed by atoms with Crippen LogP contribution in [0.15, 0.2) is 30.3 Å². The van der Waals surface area contributed by atoms with E-state index in [1.165, 1.54) is 4.90 Å². The summed E-state index contributed by atoms with van der Waals surface area (Å²) in [6.45, 7) is 3.52. The van der Waals surface area contributed by atoms with Crippen molar-refractivity contribution < 1.29 is 14.7 Å². The van der Waals surface area contributed by atoms with Crippen LogP contribution >= 0.6 is 0 Å². The highest BCUT2D eigenvalue weighted by Crippen LogP contribution is 2.20. The number of hydrogen-bond donors (Lipinski definition) is 1. The number of nitrogens with zero attached hydrogens (tertiary/aromatic N) is 2. The Morgan fingerprint density at radius 2 is 2.05 bits per heavy atom. The van der Waals surface area contributed by atoms with E-state index in [4.69, 9.17) is 5.11 Å². The maximum atomic E-state index is 12.5. The number of rotatable bonds is 4. The van der Waals surface area contributed by atoms with Crippen LogP contribution in [-0.2, 0) is 11.3 Å². The Balaban J connectivity index is 2.07. The van der Waals surface area contributed by atoms with Gasteiger partial charge >= 0.3 is 12.0 Å². The molecule has 0 bridgehead atoms. The van der Waals surface area contributed by atoms with Crippen molar-refractivity contribution in [3.8, 4) is 0 Å². The molecule has 0 radical (unpaired) electrons. The van der Waals surface area contributed by atoms with E-state index in [2.05, 4.69) is 0 Å². The molecular formula is C15H20N2O3. The molecule has 1 aliphatic rings. The van der Waals surface area contributed by atoms with Gasteiger partial charge < -0.3 is 14.9 Å². The van der Waals surface area contributed by atoms with Crippen molar-refractivity contribution >= 4 is 12.0 Å². The molecule has 1 heterocycles. The molecule has 5 heteroatoms. The third kappa shape index (κ3) is 3.10. The van der Waals surface area contributed by atoms with Gasteiger partial charge in [-0.2, -0.15) is 0 Å². The van der Waals surface area contributed by atoms with Crippen LogP contribution in [0, 0.1) is 0 Å². The van der Waals surface area contributed by atoms with Crippen molar-refractivity contribution in [1.29, 1.82) is 0 Å². The number of aliphatic carboxylic acids is 1. The van der Waals surface area contributed by atoms with Crippen molar-refractivity contribution in [1.82, 2.24) is 9.80 Å². The summed E-state index contributed by atoms with van der Waals surface area (Å²) in [6, 6.07) is 8.88. The first-order valence-electron chi connectivity index (χ1n) is 6.95. The van der Waals surface area contributed by atoms with Gasteiger partial charge in [0.25, 0.3) is 0 Å². The maximum absolute atomic E-state index is 12.5. The molecule has 2 amide bonds. The minimum absolute atomic E-state index is 0.179. The number of carbonyl (C=O) groups is 2. The number of urea groups is 1. The number of amides is 2. The summed E-state index contributed by atoms with van der Waals surface area (Å²) in [4.78, 5) is 26.8. The Hall–Kier alpha value is -2.04. The van der Waals surface area contributed by atoms with E-state index < -0.39 is 12.0 Å². The summed E-state index contributed by atoms with van der Waals surface area (Å²) in [5.74, 6) is -0.911. The summed E-state index contributed by atoms with van der Waals surface area (Å²) < 4.78 is 0. The SMILES string of the molecule is CCN(Cc1ccccc1)C(=O)N1CCCC1C(=O)O. The number of likely N-dealkylation sites (tertiary alicyclic amines) is 1. The third-order valence-electron chi connectivity index (χ3n) is 3.65. The molecule has 1 saturated heterocycles. The van der Waals surface area contributed by atoms with Crippen molar-refractivity contribution in [3.05, 3.63) is 35.9 Å². The summed E-state index contributed by atoms with van der Waals surface area (Å²) in [5, 5.41) is 9.16. The fourth-order valence-electron chi connectivity index (χ4n) is 2.55. The fraction of sp³-hybridized carbons (Fsp3) is 0.467. The predicted molar refractivity (Wildman–Crippen MR) is 75.3 cm³/mol. The number of carboxylic acid groups (broad SMARTS) is 1. The van der Waals surface area contributed by atoms with E-state index in [1.807, 2.05) is 37.3 Å². The Bertz CT molecular complexity index is 475. The van der Waals surface area contributed by atoms with Crippen LogP contribution in [0.1, 0.15) is 25.3 Å². The van der Waals surface area contributed by atoms with Crippen molar-refractivity contribution in [2.45, 2.75) is 32.4 Å². The summed E-state index contributed by atoms with van der Waals surface area (Å²) in [7, 11) is 0. The first-order chi connectivity index (χ1) is 9.63. The highest BCUT2D eigenvalue weighted by atomic mass is 16.4. The molecule has 1 fully saturated rings. The molecule has 1 aromatic rings. The molecule has 1 N–H and O–H groups in total. The molecule has 1 aromatic carbocycles. The second-order valence-corrected chi connectivity index (χ2v) is 4.97. The zero-order valence-electron chi connectivity index (χ0n) is 11.7. The van der Waals surface area contributed by atoms with E-state index in [-0.39, 0.29) is 6.03 Å². The van der Waals surface area contributed by atoms with Crippen LogP contribution in [0.25, 0.3) is 0 Å². The van der Waals surface area contributed by atoms with E-state index in [0.717, 1.165) is 12.0 Å². The normalized spacial score (nSPS) is 18.1. The Kier molecular flexibility index (Phi) is 4.61. The molecule has 5 nitrogen and oxygen atoms in total. The zero-order valence-corrected chi connectivity index (χ0v) is 11.7. The summed E-state index contributed by atoms with van der Waals surface area (Å²) >= 11 is 0. The van der Waals surface area contributed by atoms with Crippen LogP contribution in [0.3, 0.4) is 0 Å². The molecule has 1 aliphatic heterocycles. The van der Waals surface area contributed by atoms with Crippen LogP contribution in [0.2, 0.25) is 0 Å². The first kappa shape index (κ1) is 14.4. The van der Waals surface area contributed by atoms with Gasteiger partial charge in [-0.3, -0.25) is 0 Å². The molecule has 0 saturated carbocycles. The number of carboxylic acids is 1. The van der Waals surface area contributed by atoms with Crippen LogP contribution in [0.4, 0.5) is 4.79 Å². The average molecular weight is 276 g/mol. The number of hydrogen-bond acceptors (Lipinski definition) is 2. The summed E-state index contributed by atoms with van der Waals surface area (Å²) in [5.41, 5.74) is 1.05. The molecule has 108 valence electrons. The quantitative estimate of drug-likeness (QED) is 0.917. The highest BCUT2D eigenvalue weighted by molar-refractivity contribution is 5.83. The van der Waals surface area contributed by atoms with Gasteiger partial charge in [-0.1, -0.05) is 30.3 Å². The smallest absolute Gasteiger partial charge is 0.326 e. The summed E-state index contributed by atoms with van der Waals surface area (Å²) in [6.07, 6.45) is 1.30. The van der Waals surface area contributed by atoms with Crippen molar-refractivity contribution in [3.63, 3.8) is 0 Å². The number of benzene rings is 1. The standard InChI is InChI=1S/C15H20N2O3/c1-2-16(11-12-7-4-3-5-8-12)15(20)17-10-6-9-13(17)14(18)19/h3-5,7-8,13H,2,6,9-11H2,1H3,(H,18,19). The van der Waals surface area contributed by atoms with E-state index in [1.54, 1.807) is 4.90 Å². The second-order valence-electron chi connectivity index (χ2n) is 4.97. The average Bonchev–Trinajstić information content (AvgIpc) is 2.94. The van der Waals surface area contributed by atoms with Gasteiger partial charge in [0, 0.05) is 19.6 Å². The van der Waals surface area contributed by atoms with Gasteiger partial charge in [0.05, 0.1) is 0 Å². The molecular weight excluding hydrogens is 256 g/mol. The molecule has 20 heavy (non-hydrogen) atoms. The monoisotopic (exact) mass is 276 g/mol. The number of carbonyl (C=O) groups excluding carboxylic acids is 1. The van der Waals surface area contributed by atoms with E-state index in [0.29, 0.717) is 26.1 Å². The Morgan fingerprint density at radius 3 is 2.65 bits per heavy atom. The Labute approximate surface area is 118 Å². The zero-order chi connectivity index (χ0) is 14.5. The second kappa shape index (κ2) is 6.41. The van der Waals surface area contributed by atoms with Gasteiger partial charge in [0.2, 0.25) is 0 Å².